The van der Waals surface area contributed by atoms with Crippen molar-refractivity contribution in [3.63, 3.8) is 0 Å². The zero-order valence-electron chi connectivity index (χ0n) is 14.2. The Hall–Kier alpha value is -3.07. The Morgan fingerprint density at radius 3 is 2.60 bits per heavy atom. The van der Waals surface area contributed by atoms with Crippen LogP contribution in [0.25, 0.3) is 11.1 Å². The molecular weight excluding hydrogens is 314 g/mol. The van der Waals surface area contributed by atoms with Crippen LogP contribution in [0.2, 0.25) is 0 Å². The maximum atomic E-state index is 9.24. The van der Waals surface area contributed by atoms with Crippen molar-refractivity contribution in [3.8, 4) is 6.07 Å². The molecule has 0 spiro atoms. The molecule has 126 valence electrons. The lowest BCUT2D eigenvalue weighted by molar-refractivity contribution is 0.614. The van der Waals surface area contributed by atoms with E-state index in [0.29, 0.717) is 17.6 Å². The number of nitriles is 1. The van der Waals surface area contributed by atoms with Crippen LogP contribution in [0.1, 0.15) is 32.3 Å². The number of benzene rings is 1. The predicted molar refractivity (Wildman–Crippen MR) is 96.8 cm³/mol. The molecule has 1 saturated carbocycles. The van der Waals surface area contributed by atoms with Crippen LogP contribution in [-0.2, 0) is 5.41 Å². The van der Waals surface area contributed by atoms with Crippen LogP contribution < -0.4 is 10.6 Å². The third kappa shape index (κ3) is 3.13. The van der Waals surface area contributed by atoms with E-state index in [1.54, 1.807) is 6.26 Å². The Balaban J connectivity index is 1.61. The van der Waals surface area contributed by atoms with Gasteiger partial charge in [-0.05, 0) is 44.4 Å². The fraction of sp³-hybridized carbons (Fsp3) is 0.316. The first kappa shape index (κ1) is 15.5. The summed E-state index contributed by atoms with van der Waals surface area (Å²) in [6.07, 6.45) is 3.94. The highest BCUT2D eigenvalue weighted by atomic mass is 16.3. The van der Waals surface area contributed by atoms with E-state index in [0.717, 1.165) is 35.4 Å². The maximum Gasteiger partial charge on any atom is 0.229 e. The summed E-state index contributed by atoms with van der Waals surface area (Å²) in [7, 11) is 0. The van der Waals surface area contributed by atoms with Gasteiger partial charge in [0.1, 0.15) is 5.52 Å². The van der Waals surface area contributed by atoms with Crippen LogP contribution in [0.15, 0.2) is 41.0 Å². The van der Waals surface area contributed by atoms with Crippen molar-refractivity contribution in [2.24, 2.45) is 0 Å². The molecule has 0 amide bonds. The van der Waals surface area contributed by atoms with Crippen LogP contribution in [0.3, 0.4) is 0 Å². The molecular formula is C19H19N5O. The minimum Gasteiger partial charge on any atom is -0.459 e. The van der Waals surface area contributed by atoms with Gasteiger partial charge in [0.15, 0.2) is 11.4 Å². The molecule has 3 aromatic rings. The molecule has 1 aliphatic rings. The average molecular weight is 333 g/mol. The number of nitrogens with zero attached hydrogens (tertiary/aromatic N) is 3. The molecule has 0 atom stereocenters. The number of fused-ring (bicyclic) bond motifs is 1. The highest BCUT2D eigenvalue weighted by Gasteiger charge is 2.24. The lowest BCUT2D eigenvalue weighted by Gasteiger charge is -2.16. The fourth-order valence-electron chi connectivity index (χ4n) is 2.60. The van der Waals surface area contributed by atoms with Gasteiger partial charge in [-0.1, -0.05) is 12.1 Å². The summed E-state index contributed by atoms with van der Waals surface area (Å²) in [5.74, 6) is 1.24. The SMILES string of the molecule is CC(C)(C#N)c1ccc(Nc2nc(NC3CC3)c3occc3n2)cc1. The van der Waals surface area contributed by atoms with E-state index >= 15 is 0 Å². The fourth-order valence-corrected chi connectivity index (χ4v) is 2.60. The van der Waals surface area contributed by atoms with Gasteiger partial charge in [-0.25, -0.2) is 4.98 Å². The topological polar surface area (TPSA) is 86.8 Å². The Kier molecular flexibility index (Phi) is 3.57. The molecule has 1 fully saturated rings. The molecule has 25 heavy (non-hydrogen) atoms. The lowest BCUT2D eigenvalue weighted by Crippen LogP contribution is -2.13. The van der Waals surface area contributed by atoms with E-state index in [2.05, 4.69) is 26.7 Å². The number of aromatic nitrogens is 2. The van der Waals surface area contributed by atoms with Crippen LogP contribution in [-0.4, -0.2) is 16.0 Å². The number of rotatable bonds is 5. The monoisotopic (exact) mass is 333 g/mol. The Morgan fingerprint density at radius 1 is 1.16 bits per heavy atom. The minimum atomic E-state index is -0.508. The summed E-state index contributed by atoms with van der Waals surface area (Å²) in [5.41, 5.74) is 2.79. The predicted octanol–water partition coefficient (Wildman–Crippen LogP) is 4.34. The van der Waals surface area contributed by atoms with E-state index in [1.807, 2.05) is 44.2 Å². The van der Waals surface area contributed by atoms with Gasteiger partial charge in [-0.3, -0.25) is 0 Å². The number of anilines is 3. The van der Waals surface area contributed by atoms with Gasteiger partial charge < -0.3 is 15.1 Å². The second kappa shape index (κ2) is 5.78. The van der Waals surface area contributed by atoms with E-state index in [-0.39, 0.29) is 0 Å². The largest absolute Gasteiger partial charge is 0.459 e. The third-order valence-corrected chi connectivity index (χ3v) is 4.36. The number of hydrogen-bond donors (Lipinski definition) is 2. The number of furan rings is 1. The van der Waals surface area contributed by atoms with Crippen molar-refractivity contribution >= 4 is 28.6 Å². The first-order valence-corrected chi connectivity index (χ1v) is 8.36. The van der Waals surface area contributed by atoms with Crippen molar-refractivity contribution in [2.75, 3.05) is 10.6 Å². The molecule has 0 bridgehead atoms. The van der Waals surface area contributed by atoms with Crippen LogP contribution >= 0.6 is 0 Å². The van der Waals surface area contributed by atoms with Gasteiger partial charge in [-0.15, -0.1) is 0 Å². The smallest absolute Gasteiger partial charge is 0.229 e. The maximum absolute atomic E-state index is 9.24. The van der Waals surface area contributed by atoms with E-state index in [4.69, 9.17) is 4.42 Å². The molecule has 4 rings (SSSR count). The molecule has 6 heteroatoms. The number of hydrogen-bond acceptors (Lipinski definition) is 6. The van der Waals surface area contributed by atoms with Gasteiger partial charge in [0.2, 0.25) is 5.95 Å². The van der Waals surface area contributed by atoms with E-state index < -0.39 is 5.41 Å². The second-order valence-corrected chi connectivity index (χ2v) is 6.89. The van der Waals surface area contributed by atoms with Crippen LogP contribution in [0.5, 0.6) is 0 Å². The molecule has 0 saturated heterocycles. The summed E-state index contributed by atoms with van der Waals surface area (Å²) < 4.78 is 5.50. The summed E-state index contributed by atoms with van der Waals surface area (Å²) in [4.78, 5) is 9.05. The van der Waals surface area contributed by atoms with Gasteiger partial charge in [-0.2, -0.15) is 10.2 Å². The molecule has 1 aromatic carbocycles. The standard InChI is InChI=1S/C19H19N5O/c1-19(2,11-20)12-3-5-14(6-4-12)22-18-23-15-9-10-25-16(15)17(24-18)21-13-7-8-13/h3-6,9-10,13H,7-8H2,1-2H3,(H2,21,22,23,24). The summed E-state index contributed by atoms with van der Waals surface area (Å²) in [6.45, 7) is 3.81. The van der Waals surface area contributed by atoms with Crippen LogP contribution in [0.4, 0.5) is 17.5 Å². The molecule has 0 unspecified atom stereocenters. The number of nitrogens with one attached hydrogen (secondary N) is 2. The molecule has 2 N–H and O–H groups in total. The zero-order valence-corrected chi connectivity index (χ0v) is 14.2. The quantitative estimate of drug-likeness (QED) is 0.722. The molecule has 2 heterocycles. The van der Waals surface area contributed by atoms with Crippen molar-refractivity contribution < 1.29 is 4.42 Å². The van der Waals surface area contributed by atoms with Gasteiger partial charge >= 0.3 is 0 Å². The molecule has 6 nitrogen and oxygen atoms in total. The lowest BCUT2D eigenvalue weighted by atomic mass is 9.86. The van der Waals surface area contributed by atoms with Crippen molar-refractivity contribution in [3.05, 3.63) is 42.2 Å². The van der Waals surface area contributed by atoms with E-state index in [9.17, 15) is 5.26 Å². The molecule has 1 aliphatic carbocycles. The average Bonchev–Trinajstić information content (AvgIpc) is 3.29. The minimum absolute atomic E-state index is 0.476. The normalized spacial score (nSPS) is 14.3. The summed E-state index contributed by atoms with van der Waals surface area (Å²) in [5, 5.41) is 15.9. The Morgan fingerprint density at radius 2 is 1.92 bits per heavy atom. The zero-order chi connectivity index (χ0) is 17.4. The van der Waals surface area contributed by atoms with Gasteiger partial charge in [0.05, 0.1) is 17.7 Å². The van der Waals surface area contributed by atoms with Gasteiger partial charge in [0, 0.05) is 17.8 Å². The first-order chi connectivity index (χ1) is 12.0. The molecule has 2 aromatic heterocycles. The Labute approximate surface area is 145 Å². The highest BCUT2D eigenvalue weighted by molar-refractivity contribution is 5.85. The first-order valence-electron chi connectivity index (χ1n) is 8.36. The van der Waals surface area contributed by atoms with E-state index in [1.165, 1.54) is 0 Å². The summed E-state index contributed by atoms with van der Waals surface area (Å²) in [6, 6.07) is 12.4. The third-order valence-electron chi connectivity index (χ3n) is 4.36. The Bertz CT molecular complexity index is 948. The van der Waals surface area contributed by atoms with Crippen molar-refractivity contribution in [1.82, 2.24) is 9.97 Å². The summed E-state index contributed by atoms with van der Waals surface area (Å²) >= 11 is 0. The van der Waals surface area contributed by atoms with Crippen LogP contribution in [0, 0.1) is 11.3 Å². The van der Waals surface area contributed by atoms with Gasteiger partial charge in [0.25, 0.3) is 0 Å². The highest BCUT2D eigenvalue weighted by Crippen LogP contribution is 2.30. The second-order valence-electron chi connectivity index (χ2n) is 6.89. The van der Waals surface area contributed by atoms with Crippen molar-refractivity contribution in [2.45, 2.75) is 38.1 Å². The van der Waals surface area contributed by atoms with Crippen molar-refractivity contribution in [1.29, 1.82) is 5.26 Å². The molecule has 0 radical (unpaired) electrons. The molecule has 0 aliphatic heterocycles.